The summed E-state index contributed by atoms with van der Waals surface area (Å²) in [5, 5.41) is 5.74. The number of alkyl halides is 3. The first-order valence-electron chi connectivity index (χ1n) is 9.61. The number of nitrogens with two attached hydrogens (primary N) is 1. The molecule has 0 bridgehead atoms. The standard InChI is InChI=1S/C19H24F3N7O2/c1-12(7-13(9-30)26-15-8-14(23)24-11-25-15)16-17(31)27-18(28(16)2)3-5-29(6-4-18)10-19(20,21)22/h7-9,11H,3-6,10H2,1-2H3,(H,27,31)(H3,23,24,25,26)/b13-7+,16-12-. The van der Waals surface area contributed by atoms with Crippen LogP contribution in [-0.2, 0) is 9.59 Å². The number of carbonyl (C=O) groups excluding carboxylic acids is 2. The molecular formula is C19H24F3N7O2. The molecule has 3 rings (SSSR count). The molecule has 4 N–H and O–H groups in total. The van der Waals surface area contributed by atoms with Crippen molar-refractivity contribution in [1.82, 2.24) is 25.1 Å². The summed E-state index contributed by atoms with van der Waals surface area (Å²) in [6.45, 7) is 1.14. The third-order valence-corrected chi connectivity index (χ3v) is 5.46. The number of piperidine rings is 1. The maximum atomic E-state index is 12.7. The van der Waals surface area contributed by atoms with E-state index < -0.39 is 18.4 Å². The van der Waals surface area contributed by atoms with Crippen LogP contribution < -0.4 is 16.4 Å². The van der Waals surface area contributed by atoms with E-state index in [1.165, 1.54) is 23.4 Å². The summed E-state index contributed by atoms with van der Waals surface area (Å²) < 4.78 is 38.0. The molecule has 2 saturated heterocycles. The molecule has 9 nitrogen and oxygen atoms in total. The maximum Gasteiger partial charge on any atom is 0.401 e. The number of halogens is 3. The molecule has 1 aromatic heterocycles. The van der Waals surface area contributed by atoms with E-state index in [9.17, 15) is 22.8 Å². The van der Waals surface area contributed by atoms with E-state index in [2.05, 4.69) is 20.6 Å². The van der Waals surface area contributed by atoms with Gasteiger partial charge in [-0.15, -0.1) is 0 Å². The number of amides is 1. The van der Waals surface area contributed by atoms with Crippen LogP contribution in [0, 0.1) is 0 Å². The first-order chi connectivity index (χ1) is 14.5. The molecule has 168 valence electrons. The lowest BCUT2D eigenvalue weighted by Crippen LogP contribution is -2.58. The van der Waals surface area contributed by atoms with Gasteiger partial charge in [0, 0.05) is 39.0 Å². The van der Waals surface area contributed by atoms with Crippen LogP contribution >= 0.6 is 0 Å². The number of anilines is 2. The fraction of sp³-hybridized carbons (Fsp3) is 0.474. The minimum absolute atomic E-state index is 0.158. The molecule has 12 heteroatoms. The smallest absolute Gasteiger partial charge is 0.384 e. The predicted octanol–water partition coefficient (Wildman–Crippen LogP) is 1.24. The van der Waals surface area contributed by atoms with Gasteiger partial charge in [0.1, 0.15) is 29.3 Å². The van der Waals surface area contributed by atoms with Crippen molar-refractivity contribution in [1.29, 1.82) is 0 Å². The highest BCUT2D eigenvalue weighted by Crippen LogP contribution is 2.35. The molecule has 2 aliphatic heterocycles. The minimum atomic E-state index is -4.26. The Labute approximate surface area is 177 Å². The lowest BCUT2D eigenvalue weighted by molar-refractivity contribution is -0.151. The monoisotopic (exact) mass is 439 g/mol. The third-order valence-electron chi connectivity index (χ3n) is 5.46. The van der Waals surface area contributed by atoms with Crippen molar-refractivity contribution in [2.24, 2.45) is 0 Å². The molecule has 1 spiro atoms. The molecule has 0 radical (unpaired) electrons. The van der Waals surface area contributed by atoms with Crippen LogP contribution in [0.3, 0.4) is 0 Å². The van der Waals surface area contributed by atoms with Gasteiger partial charge in [-0.2, -0.15) is 13.2 Å². The van der Waals surface area contributed by atoms with Gasteiger partial charge in [-0.25, -0.2) is 9.97 Å². The van der Waals surface area contributed by atoms with Crippen molar-refractivity contribution in [2.75, 3.05) is 37.7 Å². The zero-order valence-corrected chi connectivity index (χ0v) is 17.2. The van der Waals surface area contributed by atoms with Gasteiger partial charge in [-0.05, 0) is 18.6 Å². The van der Waals surface area contributed by atoms with E-state index in [0.717, 1.165) is 0 Å². The summed E-state index contributed by atoms with van der Waals surface area (Å²) in [5.74, 6) is 0.213. The number of rotatable bonds is 5. The number of aromatic nitrogens is 2. The zero-order valence-electron chi connectivity index (χ0n) is 17.2. The summed E-state index contributed by atoms with van der Waals surface area (Å²) in [6, 6.07) is 1.46. The van der Waals surface area contributed by atoms with Crippen LogP contribution in [0.1, 0.15) is 19.8 Å². The summed E-state index contributed by atoms with van der Waals surface area (Å²) >= 11 is 0. The summed E-state index contributed by atoms with van der Waals surface area (Å²) in [7, 11) is 1.73. The first kappa shape index (κ1) is 22.5. The second-order valence-electron chi connectivity index (χ2n) is 7.64. The number of hydrogen-bond acceptors (Lipinski definition) is 8. The number of hydrogen-bond donors (Lipinski definition) is 3. The van der Waals surface area contributed by atoms with E-state index in [-0.39, 0.29) is 30.5 Å². The second kappa shape index (κ2) is 8.53. The van der Waals surface area contributed by atoms with E-state index in [0.29, 0.717) is 36.2 Å². The SMILES string of the molecule is CC(/C=C(\C=O)Nc1cc(N)ncn1)=C1\C(=O)NC2(CCN(CC(F)(F)F)CC2)N1C. The second-order valence-corrected chi connectivity index (χ2v) is 7.64. The quantitative estimate of drug-likeness (QED) is 0.464. The number of carbonyl (C=O) groups is 2. The molecular weight excluding hydrogens is 415 g/mol. The van der Waals surface area contributed by atoms with Gasteiger partial charge >= 0.3 is 6.18 Å². The third kappa shape index (κ3) is 5.13. The molecule has 2 fully saturated rings. The summed E-state index contributed by atoms with van der Waals surface area (Å²) in [6.07, 6.45) is -0.211. The van der Waals surface area contributed by atoms with Gasteiger partial charge in [0.25, 0.3) is 5.91 Å². The highest BCUT2D eigenvalue weighted by atomic mass is 19.4. The molecule has 0 aromatic carbocycles. The van der Waals surface area contributed by atoms with E-state index in [1.807, 2.05) is 0 Å². The molecule has 0 aliphatic carbocycles. The predicted molar refractivity (Wildman–Crippen MR) is 107 cm³/mol. The van der Waals surface area contributed by atoms with Gasteiger partial charge < -0.3 is 21.3 Å². The van der Waals surface area contributed by atoms with Crippen molar-refractivity contribution < 1.29 is 22.8 Å². The van der Waals surface area contributed by atoms with E-state index in [1.54, 1.807) is 18.9 Å². The molecule has 3 heterocycles. The average Bonchev–Trinajstić information content (AvgIpc) is 2.92. The lowest BCUT2D eigenvalue weighted by atomic mass is 9.96. The average molecular weight is 439 g/mol. The van der Waals surface area contributed by atoms with Crippen LogP contribution in [0.25, 0.3) is 0 Å². The molecule has 2 aliphatic rings. The molecule has 0 atom stereocenters. The number of nitrogens with one attached hydrogen (secondary N) is 2. The number of nitrogen functional groups attached to an aromatic ring is 1. The van der Waals surface area contributed by atoms with Crippen LogP contribution in [0.15, 0.2) is 35.4 Å². The Bertz CT molecular complexity index is 921. The van der Waals surface area contributed by atoms with Crippen molar-refractivity contribution in [3.8, 4) is 0 Å². The Hall–Kier alpha value is -3.15. The maximum absolute atomic E-state index is 12.7. The first-order valence-corrected chi connectivity index (χ1v) is 9.61. The Morgan fingerprint density at radius 2 is 2.03 bits per heavy atom. The summed E-state index contributed by atoms with van der Waals surface area (Å²) in [4.78, 5) is 35.1. The fourth-order valence-electron chi connectivity index (χ4n) is 3.95. The number of likely N-dealkylation sites (tertiary alicyclic amines) is 1. The number of aldehydes is 1. The highest BCUT2D eigenvalue weighted by Gasteiger charge is 2.48. The van der Waals surface area contributed by atoms with Gasteiger partial charge in [0.2, 0.25) is 0 Å². The molecule has 1 amide bonds. The summed E-state index contributed by atoms with van der Waals surface area (Å²) in [5.41, 5.74) is 5.88. The van der Waals surface area contributed by atoms with Crippen LogP contribution in [0.5, 0.6) is 0 Å². The number of allylic oxidation sites excluding steroid dienone is 3. The van der Waals surface area contributed by atoms with Gasteiger partial charge in [-0.3, -0.25) is 14.5 Å². The molecule has 0 saturated carbocycles. The number of likely N-dealkylation sites (N-methyl/N-ethyl adjacent to an activating group) is 1. The van der Waals surface area contributed by atoms with Crippen LogP contribution in [-0.4, -0.2) is 70.5 Å². The largest absolute Gasteiger partial charge is 0.401 e. The minimum Gasteiger partial charge on any atom is -0.384 e. The Morgan fingerprint density at radius 3 is 2.61 bits per heavy atom. The molecule has 0 unspecified atom stereocenters. The molecule has 31 heavy (non-hydrogen) atoms. The normalized spacial score (nSPS) is 21.3. The van der Waals surface area contributed by atoms with Crippen molar-refractivity contribution >= 4 is 23.8 Å². The molecule has 1 aromatic rings. The Morgan fingerprint density at radius 1 is 1.35 bits per heavy atom. The highest BCUT2D eigenvalue weighted by molar-refractivity contribution is 5.97. The van der Waals surface area contributed by atoms with Gasteiger partial charge in [-0.1, -0.05) is 0 Å². The van der Waals surface area contributed by atoms with Gasteiger partial charge in [0.05, 0.1) is 12.2 Å². The fourth-order valence-corrected chi connectivity index (χ4v) is 3.95. The topological polar surface area (TPSA) is 116 Å². The zero-order chi connectivity index (χ0) is 22.8. The van der Waals surface area contributed by atoms with Crippen molar-refractivity contribution in [3.05, 3.63) is 35.4 Å². The number of nitrogens with zero attached hydrogens (tertiary/aromatic N) is 4. The van der Waals surface area contributed by atoms with Crippen LogP contribution in [0.2, 0.25) is 0 Å². The lowest BCUT2D eigenvalue weighted by Gasteiger charge is -2.43. The Kier molecular flexibility index (Phi) is 6.20. The van der Waals surface area contributed by atoms with Gasteiger partial charge in [0.15, 0.2) is 6.29 Å². The van der Waals surface area contributed by atoms with Crippen LogP contribution in [0.4, 0.5) is 24.8 Å². The van der Waals surface area contributed by atoms with Crippen molar-refractivity contribution in [2.45, 2.75) is 31.6 Å². The Balaban J connectivity index is 1.78. The van der Waals surface area contributed by atoms with E-state index >= 15 is 0 Å². The van der Waals surface area contributed by atoms with E-state index in [4.69, 9.17) is 5.73 Å². The van der Waals surface area contributed by atoms with Crippen molar-refractivity contribution in [3.63, 3.8) is 0 Å².